The van der Waals surface area contributed by atoms with Gasteiger partial charge in [0.2, 0.25) is 0 Å². The van der Waals surface area contributed by atoms with Crippen LogP contribution >= 0.6 is 0 Å². The van der Waals surface area contributed by atoms with E-state index in [1.807, 2.05) is 11.8 Å². The molecule has 0 bridgehead atoms. The van der Waals surface area contributed by atoms with Crippen molar-refractivity contribution >= 4 is 6.34 Å². The third-order valence-electron chi connectivity index (χ3n) is 4.81. The Morgan fingerprint density at radius 3 is 1.86 bits per heavy atom. The minimum Gasteiger partial charge on any atom is -0.371 e. The summed E-state index contributed by atoms with van der Waals surface area (Å²) in [6.45, 7) is 5.89. The summed E-state index contributed by atoms with van der Waals surface area (Å²) in [6.07, 6.45) is 19.0. The molecule has 130 valence electrons. The van der Waals surface area contributed by atoms with Gasteiger partial charge >= 0.3 is 0 Å². The Hall–Kier alpha value is -0.570. The van der Waals surface area contributed by atoms with Gasteiger partial charge in [0.1, 0.15) is 5.72 Å². The van der Waals surface area contributed by atoms with Gasteiger partial charge in [-0.25, -0.2) is 0 Å². The van der Waals surface area contributed by atoms with Crippen LogP contribution in [0.25, 0.3) is 0 Å². The van der Waals surface area contributed by atoms with Crippen LogP contribution in [-0.2, 0) is 0 Å². The Morgan fingerprint density at radius 1 is 0.909 bits per heavy atom. The highest BCUT2D eigenvalue weighted by molar-refractivity contribution is 5.58. The first-order chi connectivity index (χ1) is 10.7. The Kier molecular flexibility index (Phi) is 10.6. The molecule has 0 radical (unpaired) electrons. The summed E-state index contributed by atoms with van der Waals surface area (Å²) in [5.41, 5.74) is -0.696. The van der Waals surface area contributed by atoms with Crippen molar-refractivity contribution in [2.75, 3.05) is 13.1 Å². The maximum atomic E-state index is 10.4. The number of aliphatic hydroxyl groups is 1. The topological polar surface area (TPSA) is 35.8 Å². The number of rotatable bonds is 14. The molecule has 0 aromatic carbocycles. The van der Waals surface area contributed by atoms with E-state index in [4.69, 9.17) is 0 Å². The van der Waals surface area contributed by atoms with Crippen LogP contribution in [0.1, 0.15) is 97.3 Å². The second-order valence-electron chi connectivity index (χ2n) is 7.07. The lowest BCUT2D eigenvalue weighted by Crippen LogP contribution is -2.44. The minimum absolute atomic E-state index is 0.696. The summed E-state index contributed by atoms with van der Waals surface area (Å²) in [5, 5.41) is 10.4. The number of hydrogen-bond acceptors (Lipinski definition) is 3. The fourth-order valence-electron chi connectivity index (χ4n) is 3.19. The molecule has 0 amide bonds. The standard InChI is InChI=1S/C19H38N2O/c1-3-4-5-6-7-8-9-10-11-12-13-14-15-19(2,22)21-17-16-20-18-21/h18,22H,3-17H2,1-2H3. The maximum Gasteiger partial charge on any atom is 0.135 e. The van der Waals surface area contributed by atoms with Crippen molar-refractivity contribution in [1.29, 1.82) is 0 Å². The van der Waals surface area contributed by atoms with Gasteiger partial charge in [0, 0.05) is 6.54 Å². The van der Waals surface area contributed by atoms with E-state index in [1.165, 1.54) is 70.6 Å². The van der Waals surface area contributed by atoms with Crippen LogP contribution in [0.15, 0.2) is 4.99 Å². The van der Waals surface area contributed by atoms with Gasteiger partial charge in [0.05, 0.1) is 12.9 Å². The Bertz CT molecular complexity index is 289. The van der Waals surface area contributed by atoms with Crippen LogP contribution in [0, 0.1) is 0 Å². The van der Waals surface area contributed by atoms with Crippen molar-refractivity contribution in [1.82, 2.24) is 4.90 Å². The summed E-state index contributed by atoms with van der Waals surface area (Å²) in [5.74, 6) is 0. The van der Waals surface area contributed by atoms with Crippen LogP contribution in [0.3, 0.4) is 0 Å². The van der Waals surface area contributed by atoms with E-state index < -0.39 is 5.72 Å². The van der Waals surface area contributed by atoms with Crippen LogP contribution in [0.4, 0.5) is 0 Å². The molecule has 0 aromatic heterocycles. The van der Waals surface area contributed by atoms with Gasteiger partial charge in [-0.15, -0.1) is 0 Å². The van der Waals surface area contributed by atoms with E-state index >= 15 is 0 Å². The molecule has 1 unspecified atom stereocenters. The Morgan fingerprint density at radius 2 is 1.41 bits per heavy atom. The van der Waals surface area contributed by atoms with Crippen molar-refractivity contribution in [2.45, 2.75) is 103 Å². The van der Waals surface area contributed by atoms with Gasteiger partial charge in [0.15, 0.2) is 0 Å². The van der Waals surface area contributed by atoms with Gasteiger partial charge in [-0.1, -0.05) is 77.6 Å². The average Bonchev–Trinajstić information content (AvgIpc) is 3.03. The number of aliphatic imine (C=N–C) groups is 1. The lowest BCUT2D eigenvalue weighted by Gasteiger charge is -2.33. The van der Waals surface area contributed by atoms with Crippen LogP contribution < -0.4 is 0 Å². The molecule has 0 aliphatic carbocycles. The predicted octanol–water partition coefficient (Wildman–Crippen LogP) is 5.13. The van der Waals surface area contributed by atoms with E-state index in [0.717, 1.165) is 25.9 Å². The zero-order valence-electron chi connectivity index (χ0n) is 15.0. The van der Waals surface area contributed by atoms with E-state index in [1.54, 1.807) is 6.34 Å². The molecule has 1 heterocycles. The molecule has 0 saturated heterocycles. The molecular weight excluding hydrogens is 272 g/mol. The highest BCUT2D eigenvalue weighted by Crippen LogP contribution is 2.21. The van der Waals surface area contributed by atoms with Crippen molar-refractivity contribution in [3.8, 4) is 0 Å². The van der Waals surface area contributed by atoms with Gasteiger partial charge in [-0.2, -0.15) is 0 Å². The molecule has 0 fully saturated rings. The molecule has 3 nitrogen and oxygen atoms in total. The minimum atomic E-state index is -0.696. The molecule has 1 aliphatic rings. The first kappa shape index (κ1) is 19.5. The van der Waals surface area contributed by atoms with Crippen molar-refractivity contribution in [3.05, 3.63) is 0 Å². The normalized spacial score (nSPS) is 17.1. The summed E-state index contributed by atoms with van der Waals surface area (Å²) in [4.78, 5) is 6.16. The largest absolute Gasteiger partial charge is 0.371 e. The summed E-state index contributed by atoms with van der Waals surface area (Å²) >= 11 is 0. The molecule has 0 saturated carbocycles. The molecule has 0 aromatic rings. The fraction of sp³-hybridized carbons (Fsp3) is 0.947. The molecular formula is C19H38N2O. The lowest BCUT2D eigenvalue weighted by atomic mass is 10.0. The molecule has 3 heteroatoms. The second kappa shape index (κ2) is 11.9. The van der Waals surface area contributed by atoms with E-state index in [-0.39, 0.29) is 0 Å². The second-order valence-corrected chi connectivity index (χ2v) is 7.07. The number of unbranched alkanes of at least 4 members (excludes halogenated alkanes) is 11. The third-order valence-corrected chi connectivity index (χ3v) is 4.81. The molecule has 1 atom stereocenters. The van der Waals surface area contributed by atoms with Crippen molar-refractivity contribution < 1.29 is 5.11 Å². The summed E-state index contributed by atoms with van der Waals surface area (Å²) < 4.78 is 0. The average molecular weight is 311 g/mol. The number of nitrogens with zero attached hydrogens (tertiary/aromatic N) is 2. The number of hydrogen-bond donors (Lipinski definition) is 1. The first-order valence-electron chi connectivity index (χ1n) is 9.66. The third kappa shape index (κ3) is 8.77. The van der Waals surface area contributed by atoms with E-state index in [9.17, 15) is 5.11 Å². The first-order valence-corrected chi connectivity index (χ1v) is 9.66. The van der Waals surface area contributed by atoms with Crippen LogP contribution in [-0.4, -0.2) is 35.2 Å². The molecule has 1 N–H and O–H groups in total. The predicted molar refractivity (Wildman–Crippen MR) is 96.4 cm³/mol. The van der Waals surface area contributed by atoms with Gasteiger partial charge in [0.25, 0.3) is 0 Å². The van der Waals surface area contributed by atoms with Crippen molar-refractivity contribution in [2.24, 2.45) is 4.99 Å². The quantitative estimate of drug-likeness (QED) is 0.451. The highest BCUT2D eigenvalue weighted by Gasteiger charge is 2.27. The fourth-order valence-corrected chi connectivity index (χ4v) is 3.19. The molecule has 0 spiro atoms. The smallest absolute Gasteiger partial charge is 0.135 e. The van der Waals surface area contributed by atoms with Gasteiger partial charge in [-0.05, 0) is 19.8 Å². The molecule has 1 aliphatic heterocycles. The van der Waals surface area contributed by atoms with E-state index in [0.29, 0.717) is 0 Å². The zero-order valence-corrected chi connectivity index (χ0v) is 15.0. The monoisotopic (exact) mass is 310 g/mol. The maximum absolute atomic E-state index is 10.4. The molecule has 22 heavy (non-hydrogen) atoms. The van der Waals surface area contributed by atoms with Crippen molar-refractivity contribution in [3.63, 3.8) is 0 Å². The van der Waals surface area contributed by atoms with Crippen LogP contribution in [0.5, 0.6) is 0 Å². The van der Waals surface area contributed by atoms with Gasteiger partial charge in [-0.3, -0.25) is 4.99 Å². The van der Waals surface area contributed by atoms with E-state index in [2.05, 4.69) is 11.9 Å². The molecule has 1 rings (SSSR count). The highest BCUT2D eigenvalue weighted by atomic mass is 16.3. The Balaban J connectivity index is 1.84. The zero-order chi connectivity index (χ0) is 16.1. The summed E-state index contributed by atoms with van der Waals surface area (Å²) in [7, 11) is 0. The SMILES string of the molecule is CCCCCCCCCCCCCCC(C)(O)N1C=NCC1. The van der Waals surface area contributed by atoms with Crippen LogP contribution in [0.2, 0.25) is 0 Å². The summed E-state index contributed by atoms with van der Waals surface area (Å²) in [6, 6.07) is 0. The Labute approximate surface area is 138 Å². The van der Waals surface area contributed by atoms with Gasteiger partial charge < -0.3 is 10.0 Å². The lowest BCUT2D eigenvalue weighted by molar-refractivity contribution is -0.0538.